The molecule has 0 radical (unpaired) electrons. The van der Waals surface area contributed by atoms with Gasteiger partial charge in [-0.2, -0.15) is 0 Å². The first-order valence-corrected chi connectivity index (χ1v) is 8.04. The average molecular weight is 311 g/mol. The molecule has 1 unspecified atom stereocenters. The summed E-state index contributed by atoms with van der Waals surface area (Å²) in [7, 11) is -3.75. The van der Waals surface area contributed by atoms with E-state index in [1.54, 1.807) is 0 Å². The van der Waals surface area contributed by atoms with Crippen LogP contribution in [0.4, 0.5) is 5.69 Å². The molecule has 114 valence electrons. The number of hydrogen-bond acceptors (Lipinski definition) is 4. The van der Waals surface area contributed by atoms with Crippen molar-refractivity contribution in [2.24, 2.45) is 5.14 Å². The lowest BCUT2D eigenvalue weighted by atomic mass is 10.2. The number of primary sulfonamides is 1. The number of benzene rings is 1. The Balaban J connectivity index is 2.08. The highest BCUT2D eigenvalue weighted by atomic mass is 32.2. The monoisotopic (exact) mass is 311 g/mol. The fourth-order valence-electron chi connectivity index (χ4n) is 2.37. The summed E-state index contributed by atoms with van der Waals surface area (Å²) in [5.41, 5.74) is 0.461. The molecule has 21 heavy (non-hydrogen) atoms. The molecule has 3 N–H and O–H groups in total. The standard InChI is InChI=1S/C13H17N3O4S/c1-9(17)16-8-2-3-12(16)13(18)15-10-4-6-11(7-5-10)21(14,19)20/h4-7,12H,2-3,8H2,1H3,(H,15,18)(H2,14,19,20). The van der Waals surface area contributed by atoms with Gasteiger partial charge in [0.05, 0.1) is 4.90 Å². The van der Waals surface area contributed by atoms with Crippen molar-refractivity contribution in [3.8, 4) is 0 Å². The molecule has 1 aromatic rings. The largest absolute Gasteiger partial charge is 0.331 e. The highest BCUT2D eigenvalue weighted by Crippen LogP contribution is 2.20. The molecule has 1 aromatic carbocycles. The van der Waals surface area contributed by atoms with Crippen molar-refractivity contribution in [2.45, 2.75) is 30.7 Å². The maximum absolute atomic E-state index is 12.2. The number of carbonyl (C=O) groups is 2. The normalized spacial score (nSPS) is 18.6. The molecular weight excluding hydrogens is 294 g/mol. The number of nitrogens with two attached hydrogens (primary N) is 1. The molecule has 1 aliphatic heterocycles. The third kappa shape index (κ3) is 3.59. The van der Waals surface area contributed by atoms with Gasteiger partial charge in [-0.3, -0.25) is 9.59 Å². The van der Waals surface area contributed by atoms with Crippen LogP contribution < -0.4 is 10.5 Å². The van der Waals surface area contributed by atoms with E-state index in [1.165, 1.54) is 36.1 Å². The molecule has 1 heterocycles. The van der Waals surface area contributed by atoms with Crippen LogP contribution in [0.3, 0.4) is 0 Å². The summed E-state index contributed by atoms with van der Waals surface area (Å²) >= 11 is 0. The highest BCUT2D eigenvalue weighted by Gasteiger charge is 2.32. The lowest BCUT2D eigenvalue weighted by Gasteiger charge is -2.22. The number of likely N-dealkylation sites (tertiary alicyclic amines) is 1. The number of nitrogens with one attached hydrogen (secondary N) is 1. The van der Waals surface area contributed by atoms with Crippen LogP contribution in [-0.4, -0.2) is 37.7 Å². The van der Waals surface area contributed by atoms with Gasteiger partial charge in [0.15, 0.2) is 0 Å². The molecule has 2 amide bonds. The van der Waals surface area contributed by atoms with E-state index in [9.17, 15) is 18.0 Å². The van der Waals surface area contributed by atoms with Crippen molar-refractivity contribution < 1.29 is 18.0 Å². The second-order valence-electron chi connectivity index (χ2n) is 4.93. The number of hydrogen-bond donors (Lipinski definition) is 2. The molecule has 0 saturated carbocycles. The minimum absolute atomic E-state index is 0.0215. The molecule has 1 saturated heterocycles. The fraction of sp³-hybridized carbons (Fsp3) is 0.385. The lowest BCUT2D eigenvalue weighted by Crippen LogP contribution is -2.42. The van der Waals surface area contributed by atoms with Crippen LogP contribution >= 0.6 is 0 Å². The Morgan fingerprint density at radius 2 is 1.90 bits per heavy atom. The van der Waals surface area contributed by atoms with Gasteiger partial charge >= 0.3 is 0 Å². The van der Waals surface area contributed by atoms with E-state index in [4.69, 9.17) is 5.14 Å². The van der Waals surface area contributed by atoms with Crippen molar-refractivity contribution in [1.29, 1.82) is 0 Å². The van der Waals surface area contributed by atoms with Crippen LogP contribution in [0.5, 0.6) is 0 Å². The van der Waals surface area contributed by atoms with Crippen LogP contribution in [-0.2, 0) is 19.6 Å². The van der Waals surface area contributed by atoms with Gasteiger partial charge in [0.1, 0.15) is 6.04 Å². The van der Waals surface area contributed by atoms with Gasteiger partial charge in [-0.25, -0.2) is 13.6 Å². The first kappa shape index (κ1) is 15.5. The van der Waals surface area contributed by atoms with Gasteiger partial charge in [-0.1, -0.05) is 0 Å². The van der Waals surface area contributed by atoms with Crippen molar-refractivity contribution in [3.63, 3.8) is 0 Å². The van der Waals surface area contributed by atoms with Crippen molar-refractivity contribution in [3.05, 3.63) is 24.3 Å². The predicted molar refractivity (Wildman–Crippen MR) is 76.9 cm³/mol. The minimum Gasteiger partial charge on any atom is -0.331 e. The molecule has 7 nitrogen and oxygen atoms in total. The third-order valence-electron chi connectivity index (χ3n) is 3.41. The summed E-state index contributed by atoms with van der Waals surface area (Å²) < 4.78 is 22.3. The SMILES string of the molecule is CC(=O)N1CCCC1C(=O)Nc1ccc(S(N)(=O)=O)cc1. The number of rotatable bonds is 3. The molecule has 1 fully saturated rings. The Hall–Kier alpha value is -1.93. The van der Waals surface area contributed by atoms with Gasteiger partial charge in [0.2, 0.25) is 21.8 Å². The van der Waals surface area contributed by atoms with Crippen molar-refractivity contribution in [1.82, 2.24) is 4.90 Å². The van der Waals surface area contributed by atoms with Gasteiger partial charge in [0, 0.05) is 19.2 Å². The Bertz CT molecular complexity index is 654. The Kier molecular flexibility index (Phi) is 4.29. The van der Waals surface area contributed by atoms with E-state index < -0.39 is 16.1 Å². The Labute approximate surface area is 123 Å². The van der Waals surface area contributed by atoms with E-state index in [0.717, 1.165) is 6.42 Å². The molecule has 1 aliphatic rings. The predicted octanol–water partition coefficient (Wildman–Crippen LogP) is 0.283. The summed E-state index contributed by atoms with van der Waals surface area (Å²) in [6.45, 7) is 2.02. The van der Waals surface area contributed by atoms with E-state index in [-0.39, 0.29) is 16.7 Å². The van der Waals surface area contributed by atoms with Gasteiger partial charge < -0.3 is 10.2 Å². The van der Waals surface area contributed by atoms with E-state index in [1.807, 2.05) is 0 Å². The molecule has 0 aliphatic carbocycles. The third-order valence-corrected chi connectivity index (χ3v) is 4.34. The number of carbonyl (C=O) groups excluding carboxylic acids is 2. The zero-order chi connectivity index (χ0) is 15.6. The summed E-state index contributed by atoms with van der Waals surface area (Å²) in [6, 6.07) is 5.10. The summed E-state index contributed by atoms with van der Waals surface area (Å²) in [5, 5.41) is 7.68. The van der Waals surface area contributed by atoms with Crippen LogP contribution in [0.2, 0.25) is 0 Å². The lowest BCUT2D eigenvalue weighted by molar-refractivity contribution is -0.134. The fourth-order valence-corrected chi connectivity index (χ4v) is 2.89. The Morgan fingerprint density at radius 3 is 2.43 bits per heavy atom. The minimum atomic E-state index is -3.75. The molecule has 1 atom stereocenters. The number of amides is 2. The van der Waals surface area contributed by atoms with Crippen molar-refractivity contribution >= 4 is 27.5 Å². The second kappa shape index (κ2) is 5.82. The molecular formula is C13H17N3O4S. The first-order valence-electron chi connectivity index (χ1n) is 6.50. The van der Waals surface area contributed by atoms with Crippen molar-refractivity contribution in [2.75, 3.05) is 11.9 Å². The number of sulfonamides is 1. The van der Waals surface area contributed by atoms with Gasteiger partial charge in [-0.05, 0) is 37.1 Å². The summed E-state index contributed by atoms with van der Waals surface area (Å²) in [5.74, 6) is -0.400. The zero-order valence-corrected chi connectivity index (χ0v) is 12.4. The molecule has 0 spiro atoms. The first-order chi connectivity index (χ1) is 9.79. The summed E-state index contributed by atoms with van der Waals surface area (Å²) in [6.07, 6.45) is 1.42. The maximum Gasteiger partial charge on any atom is 0.247 e. The molecule has 0 bridgehead atoms. The van der Waals surface area contributed by atoms with Crippen LogP contribution in [0.25, 0.3) is 0 Å². The quantitative estimate of drug-likeness (QED) is 0.835. The van der Waals surface area contributed by atoms with Crippen LogP contribution in [0, 0.1) is 0 Å². The van der Waals surface area contributed by atoms with E-state index in [2.05, 4.69) is 5.32 Å². The molecule has 2 rings (SSSR count). The average Bonchev–Trinajstić information content (AvgIpc) is 2.87. The Morgan fingerprint density at radius 1 is 1.29 bits per heavy atom. The second-order valence-corrected chi connectivity index (χ2v) is 6.49. The van der Waals surface area contributed by atoms with Crippen LogP contribution in [0.1, 0.15) is 19.8 Å². The van der Waals surface area contributed by atoms with Crippen LogP contribution in [0.15, 0.2) is 29.2 Å². The number of anilines is 1. The maximum atomic E-state index is 12.2. The summed E-state index contributed by atoms with van der Waals surface area (Å²) in [4.78, 5) is 25.1. The number of nitrogens with zero attached hydrogens (tertiary/aromatic N) is 1. The zero-order valence-electron chi connectivity index (χ0n) is 11.6. The van der Waals surface area contributed by atoms with E-state index in [0.29, 0.717) is 18.7 Å². The van der Waals surface area contributed by atoms with Gasteiger partial charge in [-0.15, -0.1) is 0 Å². The topological polar surface area (TPSA) is 110 Å². The molecule has 0 aromatic heterocycles. The molecule has 8 heteroatoms. The highest BCUT2D eigenvalue weighted by molar-refractivity contribution is 7.89. The van der Waals surface area contributed by atoms with Gasteiger partial charge in [0.25, 0.3) is 0 Å². The van der Waals surface area contributed by atoms with E-state index >= 15 is 0 Å². The smallest absolute Gasteiger partial charge is 0.247 e.